The number of carbonyl (C=O) groups is 1. The maximum absolute atomic E-state index is 12.2. The molecule has 5 N–H and O–H groups in total. The van der Waals surface area contributed by atoms with E-state index in [9.17, 15) is 4.79 Å². The van der Waals surface area contributed by atoms with Gasteiger partial charge < -0.3 is 64.3 Å². The summed E-state index contributed by atoms with van der Waals surface area (Å²) >= 11 is 1.88. The molecule has 2 heterocycles. The summed E-state index contributed by atoms with van der Waals surface area (Å²) in [7, 11) is 14.9. The van der Waals surface area contributed by atoms with Gasteiger partial charge in [0.1, 0.15) is 51.0 Å². The number of carbonyl (C=O) groups excluding carboxylic acids is 1. The molecular weight excluding hydrogens is 1310 g/mol. The van der Waals surface area contributed by atoms with Gasteiger partial charge in [0, 0.05) is 99.8 Å². The lowest BCUT2D eigenvalue weighted by molar-refractivity contribution is 0.102. The first-order valence-electron chi connectivity index (χ1n) is 33.3. The predicted octanol–water partition coefficient (Wildman–Crippen LogP) is 20.8. The average molecular weight is 1430 g/mol. The van der Waals surface area contributed by atoms with Crippen molar-refractivity contribution in [1.29, 1.82) is 0 Å². The molecule has 0 bridgehead atoms. The maximum atomic E-state index is 12.2. The molecule has 0 radical (unpaired) electrons. The number of benzene rings is 6. The minimum absolute atomic E-state index is 0.107. The molecule has 548 valence electrons. The van der Waals surface area contributed by atoms with Gasteiger partial charge in [0.05, 0.1) is 85.4 Å². The van der Waals surface area contributed by atoms with Crippen molar-refractivity contribution < 1.29 is 47.4 Å². The fourth-order valence-electron chi connectivity index (χ4n) is 7.72. The summed E-state index contributed by atoms with van der Waals surface area (Å²) in [5.41, 5.74) is 11.6. The monoisotopic (exact) mass is 1430 g/mol. The zero-order chi connectivity index (χ0) is 74.9. The summed E-state index contributed by atoms with van der Waals surface area (Å²) in [5, 5.41) is 11.6. The topological polar surface area (TPSA) is 188 Å². The van der Waals surface area contributed by atoms with Crippen molar-refractivity contribution in [1.82, 2.24) is 15.3 Å². The Bertz CT molecular complexity index is 3450. The highest BCUT2D eigenvalue weighted by atomic mass is 33.1. The Labute approximate surface area is 611 Å². The van der Waals surface area contributed by atoms with Gasteiger partial charge in [0.2, 0.25) is 5.88 Å². The second kappa shape index (κ2) is 41.8. The van der Waals surface area contributed by atoms with Gasteiger partial charge in [-0.1, -0.05) is 151 Å². The molecule has 16 nitrogen and oxygen atoms in total. The van der Waals surface area contributed by atoms with E-state index in [4.69, 9.17) is 48.4 Å². The van der Waals surface area contributed by atoms with Gasteiger partial charge in [-0.3, -0.25) is 4.79 Å². The van der Waals surface area contributed by atoms with E-state index >= 15 is 0 Å². The molecule has 0 saturated heterocycles. The van der Waals surface area contributed by atoms with Crippen LogP contribution >= 0.6 is 33.3 Å². The third-order valence-electron chi connectivity index (χ3n) is 12.9. The van der Waals surface area contributed by atoms with Crippen LogP contribution in [0, 0.1) is 21.7 Å². The average Bonchev–Trinajstić information content (AvgIpc) is 0.860. The van der Waals surface area contributed by atoms with Crippen LogP contribution in [0.15, 0.2) is 168 Å². The van der Waals surface area contributed by atoms with Gasteiger partial charge >= 0.3 is 0 Å². The summed E-state index contributed by atoms with van der Waals surface area (Å²) < 4.78 is 47.9. The van der Waals surface area contributed by atoms with Gasteiger partial charge in [-0.2, -0.15) is 0 Å². The lowest BCUT2D eigenvalue weighted by Crippen LogP contribution is -2.35. The number of amides is 1. The third kappa shape index (κ3) is 38.1. The molecule has 6 aromatic carbocycles. The Hall–Kier alpha value is -7.84. The number of thioether (sulfide) groups is 1. The first-order chi connectivity index (χ1) is 46.7. The number of anilines is 3. The molecular formula is C81H116N6O10S3. The van der Waals surface area contributed by atoms with Crippen LogP contribution in [0.2, 0.25) is 0 Å². The van der Waals surface area contributed by atoms with Crippen LogP contribution in [0.25, 0.3) is 10.9 Å². The number of nitrogens with one attached hydrogen (secondary N) is 3. The van der Waals surface area contributed by atoms with E-state index in [2.05, 4.69) is 169 Å². The number of nitrogen functional groups attached to an aromatic ring is 1. The number of hydrogen-bond acceptors (Lipinski definition) is 18. The zero-order valence-corrected chi connectivity index (χ0v) is 66.8. The number of aromatic nitrogens is 2. The highest BCUT2D eigenvalue weighted by Crippen LogP contribution is 2.40. The standard InChI is InChI=1S/C16H19N3OS2.C14H17NO.2C13H21NO2.C13H20O3.C12H18OS/c1-16(2,3)22-21-14-9-8-11(10-18-14)15(20)19-13-7-5-4-6-12(13)17;1-14(2,3)10-16-13-9-8-11-6-4-5-7-12(11)15-13;1-13(2,3)9-14-10-6-11(15-4)8-12(7-10)16-5;1-13(2,3)14-9-10-6-11(15-4)8-12(7-10)16-5;1-13(2,3)9-16-12-7-10(14-4)6-11(8-12)15-5;1-12(2,3)9-14-11-7-5-6-10(8-11)13-4/h4-10H,17H2,1-3H3,(H,19,20);4-9H,10H2,1-3H3;2*6-8,14H,9H2,1-5H3;6-8H,9H2,1-5H3;5-8H,9H2,1-4H3. The molecule has 19 heteroatoms. The van der Waals surface area contributed by atoms with E-state index in [-0.39, 0.29) is 32.4 Å². The minimum atomic E-state index is -0.217. The molecule has 0 fully saturated rings. The third-order valence-corrected chi connectivity index (χ3v) is 17.8. The van der Waals surface area contributed by atoms with Gasteiger partial charge in [0.15, 0.2) is 0 Å². The summed E-state index contributed by atoms with van der Waals surface area (Å²) in [6.07, 6.45) is 1.58. The number of methoxy groups -OCH3 is 7. The number of ether oxygens (including phenoxy) is 9. The molecule has 0 unspecified atom stereocenters. The minimum Gasteiger partial charge on any atom is -0.497 e. The van der Waals surface area contributed by atoms with Gasteiger partial charge in [-0.25, -0.2) is 9.97 Å². The molecule has 8 rings (SSSR count). The van der Waals surface area contributed by atoms with Crippen LogP contribution in [0.1, 0.15) is 141 Å². The number of nitrogens with zero attached hydrogens (tertiary/aromatic N) is 2. The van der Waals surface area contributed by atoms with Crippen LogP contribution < -0.4 is 64.3 Å². The lowest BCUT2D eigenvalue weighted by Gasteiger charge is -2.21. The Morgan fingerprint density at radius 2 is 1.00 bits per heavy atom. The van der Waals surface area contributed by atoms with Crippen molar-refractivity contribution in [2.45, 2.75) is 151 Å². The number of para-hydroxylation sites is 3. The van der Waals surface area contributed by atoms with E-state index in [1.807, 2.05) is 127 Å². The molecule has 0 aliphatic carbocycles. The highest BCUT2D eigenvalue weighted by Gasteiger charge is 2.17. The second-order valence-corrected chi connectivity index (χ2v) is 34.2. The maximum Gasteiger partial charge on any atom is 0.257 e. The number of nitrogens with two attached hydrogens (primary N) is 1. The van der Waals surface area contributed by atoms with Crippen molar-refractivity contribution in [3.63, 3.8) is 0 Å². The molecule has 0 aliphatic rings. The van der Waals surface area contributed by atoms with Crippen LogP contribution in [0.5, 0.6) is 51.9 Å². The first kappa shape index (κ1) is 86.4. The Morgan fingerprint density at radius 3 is 1.49 bits per heavy atom. The van der Waals surface area contributed by atoms with Crippen molar-refractivity contribution >= 4 is 67.2 Å². The van der Waals surface area contributed by atoms with Crippen LogP contribution in [0.4, 0.5) is 17.1 Å². The number of hydrogen-bond donors (Lipinski definition) is 4. The summed E-state index contributed by atoms with van der Waals surface area (Å²) in [5.74, 6) is 8.04. The smallest absolute Gasteiger partial charge is 0.257 e. The second-order valence-electron chi connectivity index (χ2n) is 30.2. The summed E-state index contributed by atoms with van der Waals surface area (Å²) in [4.78, 5) is 22.2. The summed E-state index contributed by atoms with van der Waals surface area (Å²) in [6.45, 7) is 42.1. The predicted molar refractivity (Wildman–Crippen MR) is 424 cm³/mol. The number of pyridine rings is 2. The quantitative estimate of drug-likeness (QED) is 0.0302. The van der Waals surface area contributed by atoms with Crippen molar-refractivity contribution in [3.8, 4) is 51.9 Å². The highest BCUT2D eigenvalue weighted by molar-refractivity contribution is 8.77. The van der Waals surface area contributed by atoms with Crippen LogP contribution in [-0.2, 0) is 6.54 Å². The van der Waals surface area contributed by atoms with Gasteiger partial charge in [-0.05, 0) is 126 Å². The lowest BCUT2D eigenvalue weighted by atomic mass is 9.97. The van der Waals surface area contributed by atoms with Crippen LogP contribution in [0.3, 0.4) is 0 Å². The molecule has 0 saturated carbocycles. The van der Waals surface area contributed by atoms with Crippen molar-refractivity contribution in [3.05, 3.63) is 169 Å². The van der Waals surface area contributed by atoms with Gasteiger partial charge in [0.25, 0.3) is 5.91 Å². The Kier molecular flexibility index (Phi) is 36.1. The summed E-state index contributed by atoms with van der Waals surface area (Å²) in [6, 6.07) is 48.3. The Morgan fingerprint density at radius 1 is 0.490 bits per heavy atom. The van der Waals surface area contributed by atoms with E-state index in [1.165, 1.54) is 4.90 Å². The van der Waals surface area contributed by atoms with E-state index in [0.29, 0.717) is 41.4 Å². The van der Waals surface area contributed by atoms with E-state index in [0.717, 1.165) is 92.0 Å². The zero-order valence-electron chi connectivity index (χ0n) is 64.3. The van der Waals surface area contributed by atoms with Crippen molar-refractivity contribution in [2.75, 3.05) is 91.6 Å². The normalized spacial score (nSPS) is 11.3. The fraction of sp³-hybridized carbons (Fsp3) is 0.444. The Balaban J connectivity index is 0.000000314. The largest absolute Gasteiger partial charge is 0.497 e. The number of fused-ring (bicyclic) bond motifs is 1. The van der Waals surface area contributed by atoms with Gasteiger partial charge in [-0.15, -0.1) is 11.8 Å². The molecule has 8 aromatic rings. The SMILES string of the molecule is CC(C)(C)COc1ccc2ccccc2n1.CC(C)(C)SSc1ccc(C(=O)Nc2ccccc2N)cn1.COc1cc(CNC(C)(C)C)cc(OC)c1.COc1cc(NCC(C)(C)C)cc(OC)c1.COc1cc(OC)cc(OCC(C)(C)C)c1.COc1cccc(SCC(C)(C)C)c1. The molecule has 1 amide bonds. The van der Waals surface area contributed by atoms with E-state index < -0.39 is 0 Å². The fourth-order valence-corrected chi connectivity index (χ4v) is 10.6. The molecule has 0 atom stereocenters. The van der Waals surface area contributed by atoms with E-state index in [1.54, 1.807) is 95.8 Å². The molecule has 2 aromatic heterocycles. The van der Waals surface area contributed by atoms with Crippen LogP contribution in [-0.4, -0.2) is 101 Å². The number of rotatable bonds is 21. The molecule has 100 heavy (non-hydrogen) atoms. The first-order valence-corrected chi connectivity index (χ1v) is 36.4. The van der Waals surface area contributed by atoms with Crippen molar-refractivity contribution in [2.24, 2.45) is 21.7 Å². The molecule has 0 spiro atoms. The molecule has 0 aliphatic heterocycles.